The number of nitrogens with one attached hydrogen (secondary N) is 1. The summed E-state index contributed by atoms with van der Waals surface area (Å²) in [7, 11) is 0. The van der Waals surface area contributed by atoms with Gasteiger partial charge in [0, 0.05) is 26.2 Å². The Morgan fingerprint density at radius 2 is 1.17 bits per heavy atom. The van der Waals surface area contributed by atoms with Gasteiger partial charge in [-0.2, -0.15) is 0 Å². The van der Waals surface area contributed by atoms with Gasteiger partial charge in [-0.3, -0.25) is 14.6 Å². The molecule has 1 rings (SSSR count). The van der Waals surface area contributed by atoms with Crippen molar-refractivity contribution in [2.45, 2.75) is 83.4 Å². The first kappa shape index (κ1) is 31.0. The first-order valence-electron chi connectivity index (χ1n) is 12.9. The van der Waals surface area contributed by atoms with Crippen LogP contribution in [-0.2, 0) is 14.4 Å². The summed E-state index contributed by atoms with van der Waals surface area (Å²) in [5.41, 5.74) is 0. The first-order valence-corrected chi connectivity index (χ1v) is 12.9. The van der Waals surface area contributed by atoms with E-state index in [1.54, 1.807) is 0 Å². The Morgan fingerprint density at radius 1 is 0.722 bits per heavy atom. The van der Waals surface area contributed by atoms with Gasteiger partial charge in [0.2, 0.25) is 24.9 Å². The van der Waals surface area contributed by atoms with Crippen LogP contribution in [0.15, 0.2) is 9.98 Å². The Hall–Kier alpha value is -3.07. The van der Waals surface area contributed by atoms with E-state index in [0.717, 1.165) is 57.8 Å². The lowest BCUT2D eigenvalue weighted by atomic mass is 10.1. The van der Waals surface area contributed by atoms with Crippen LogP contribution in [0.4, 0.5) is 9.59 Å². The van der Waals surface area contributed by atoms with Gasteiger partial charge in [0.15, 0.2) is 0 Å². The summed E-state index contributed by atoms with van der Waals surface area (Å²) >= 11 is 0. The molecular formula is C24H40N6O6. The number of hydrogen-bond acceptors (Lipinski definition) is 8. The highest BCUT2D eigenvalue weighted by Gasteiger charge is 2.42. The number of aliphatic hydroxyl groups is 1. The smallest absolute Gasteiger partial charge is 0.331 e. The van der Waals surface area contributed by atoms with Crippen molar-refractivity contribution >= 4 is 30.6 Å². The van der Waals surface area contributed by atoms with Crippen molar-refractivity contribution in [2.75, 3.05) is 39.3 Å². The van der Waals surface area contributed by atoms with Crippen LogP contribution >= 0.6 is 0 Å². The van der Waals surface area contributed by atoms with Crippen LogP contribution in [0.1, 0.15) is 77.0 Å². The summed E-state index contributed by atoms with van der Waals surface area (Å²) in [4.78, 5) is 67.7. The minimum Gasteiger partial charge on any atom is -0.359 e. The number of nitrogens with zero attached hydrogens (tertiary/aromatic N) is 5. The average molecular weight is 509 g/mol. The third-order valence-electron chi connectivity index (χ3n) is 6.01. The van der Waals surface area contributed by atoms with Crippen molar-refractivity contribution in [1.82, 2.24) is 20.0 Å². The van der Waals surface area contributed by atoms with Crippen LogP contribution in [0.25, 0.3) is 0 Å². The molecule has 1 unspecified atom stereocenters. The highest BCUT2D eigenvalue weighted by atomic mass is 16.3. The number of aliphatic hydroxyl groups excluding tert-OH is 1. The molecule has 0 aromatic carbocycles. The lowest BCUT2D eigenvalue weighted by Gasteiger charge is -2.44. The number of unbranched alkanes of at least 4 members (excludes halogenated alkanes) is 9. The van der Waals surface area contributed by atoms with E-state index in [9.17, 15) is 29.1 Å². The molecule has 1 heterocycles. The van der Waals surface area contributed by atoms with Crippen LogP contribution in [0, 0.1) is 0 Å². The molecule has 1 saturated heterocycles. The van der Waals surface area contributed by atoms with E-state index in [-0.39, 0.29) is 6.54 Å². The molecule has 1 atom stereocenters. The van der Waals surface area contributed by atoms with Crippen molar-refractivity contribution in [3.8, 4) is 0 Å². The molecule has 36 heavy (non-hydrogen) atoms. The van der Waals surface area contributed by atoms with Gasteiger partial charge < -0.3 is 10.4 Å². The summed E-state index contributed by atoms with van der Waals surface area (Å²) in [5, 5.41) is 13.5. The molecule has 0 saturated carbocycles. The molecule has 0 radical (unpaired) electrons. The normalized spacial score (nSPS) is 15.5. The minimum absolute atomic E-state index is 0.259. The third-order valence-corrected chi connectivity index (χ3v) is 6.01. The Morgan fingerprint density at radius 3 is 1.64 bits per heavy atom. The first-order chi connectivity index (χ1) is 17.6. The summed E-state index contributed by atoms with van der Waals surface area (Å²) in [6.45, 7) is 2.36. The maximum absolute atomic E-state index is 13.1. The molecule has 12 nitrogen and oxygen atoms in total. The molecule has 12 heteroatoms. The second-order valence-corrected chi connectivity index (χ2v) is 8.71. The van der Waals surface area contributed by atoms with Gasteiger partial charge in [-0.15, -0.1) is 0 Å². The van der Waals surface area contributed by atoms with Crippen LogP contribution in [0.5, 0.6) is 0 Å². The summed E-state index contributed by atoms with van der Waals surface area (Å²) < 4.78 is 0. The second-order valence-electron chi connectivity index (χ2n) is 8.71. The van der Waals surface area contributed by atoms with E-state index >= 15 is 0 Å². The Bertz CT molecular complexity index is 753. The topological polar surface area (TPSA) is 152 Å². The molecule has 0 aromatic heterocycles. The average Bonchev–Trinajstić information content (AvgIpc) is 2.87. The molecule has 5 amide bonds. The minimum atomic E-state index is -1.31. The van der Waals surface area contributed by atoms with Crippen molar-refractivity contribution in [3.05, 3.63) is 0 Å². The summed E-state index contributed by atoms with van der Waals surface area (Å²) in [5.74, 6) is 0. The molecule has 1 aliphatic heterocycles. The molecule has 0 aliphatic carbocycles. The predicted octanol–water partition coefficient (Wildman–Crippen LogP) is 2.52. The van der Waals surface area contributed by atoms with Gasteiger partial charge >= 0.3 is 12.1 Å². The number of rotatable bonds is 22. The molecular weight excluding hydrogens is 468 g/mol. The Balaban J connectivity index is 2.64. The Kier molecular flexibility index (Phi) is 17.3. The number of amides is 5. The maximum atomic E-state index is 13.1. The molecule has 0 aromatic rings. The molecule has 2 N–H and O–H groups in total. The quantitative estimate of drug-likeness (QED) is 0.0992. The fourth-order valence-corrected chi connectivity index (χ4v) is 4.03. The van der Waals surface area contributed by atoms with Crippen LogP contribution in [-0.4, -0.2) is 96.1 Å². The molecule has 1 aliphatic rings. The van der Waals surface area contributed by atoms with Gasteiger partial charge in [0.1, 0.15) is 0 Å². The summed E-state index contributed by atoms with van der Waals surface area (Å²) in [6.07, 6.45) is 11.6. The van der Waals surface area contributed by atoms with E-state index in [0.29, 0.717) is 58.4 Å². The fraction of sp³-hybridized carbons (Fsp3) is 0.792. The van der Waals surface area contributed by atoms with Gasteiger partial charge in [-0.25, -0.2) is 34.1 Å². The zero-order valence-corrected chi connectivity index (χ0v) is 21.1. The number of hydrogen-bond donors (Lipinski definition) is 2. The van der Waals surface area contributed by atoms with Gasteiger partial charge in [0.05, 0.1) is 13.1 Å². The highest BCUT2D eigenvalue weighted by Crippen LogP contribution is 2.21. The van der Waals surface area contributed by atoms with E-state index in [1.807, 2.05) is 0 Å². The molecule has 202 valence electrons. The Labute approximate surface area is 212 Å². The molecule has 0 bridgehead atoms. The predicted molar refractivity (Wildman–Crippen MR) is 132 cm³/mol. The number of carbonyl (C=O) groups is 3. The number of aliphatic imine (C=N–C) groups is 2. The zero-order valence-electron chi connectivity index (χ0n) is 21.1. The lowest BCUT2D eigenvalue weighted by molar-refractivity contribution is -0.109. The van der Waals surface area contributed by atoms with Crippen LogP contribution in [0.2, 0.25) is 0 Å². The second kappa shape index (κ2) is 20.2. The fourth-order valence-electron chi connectivity index (χ4n) is 4.03. The van der Waals surface area contributed by atoms with E-state index in [4.69, 9.17) is 0 Å². The molecule has 1 fully saturated rings. The maximum Gasteiger partial charge on any atom is 0.331 e. The van der Waals surface area contributed by atoms with Crippen LogP contribution in [0.3, 0.4) is 0 Å². The van der Waals surface area contributed by atoms with Gasteiger partial charge in [0.25, 0.3) is 0 Å². The zero-order chi connectivity index (χ0) is 26.4. The number of carbonyl (C=O) groups excluding carboxylic acids is 5. The van der Waals surface area contributed by atoms with Crippen molar-refractivity contribution < 1.29 is 29.1 Å². The monoisotopic (exact) mass is 508 g/mol. The van der Waals surface area contributed by atoms with Gasteiger partial charge in [-0.05, 0) is 38.5 Å². The van der Waals surface area contributed by atoms with E-state index in [2.05, 4.69) is 15.3 Å². The van der Waals surface area contributed by atoms with Gasteiger partial charge in [-0.1, -0.05) is 38.5 Å². The number of imide groups is 1. The van der Waals surface area contributed by atoms with Crippen LogP contribution < -0.4 is 5.32 Å². The van der Waals surface area contributed by atoms with Crippen molar-refractivity contribution in [1.29, 1.82) is 0 Å². The van der Waals surface area contributed by atoms with E-state index in [1.165, 1.54) is 26.9 Å². The highest BCUT2D eigenvalue weighted by molar-refractivity contribution is 5.95. The third kappa shape index (κ3) is 12.1. The standard InChI is InChI=1S/C24H40N6O6/c31-19-25-13-7-1-4-10-16-28-22(34)29(17-11-5-2-8-14-26-20-32)24(36)30(23(28)35)18-12-6-3-9-15-27-21-33/h19,22,34H,1-18H2,(H,25,31). The summed E-state index contributed by atoms with van der Waals surface area (Å²) in [6, 6.07) is -0.969. The van der Waals surface area contributed by atoms with Crippen molar-refractivity contribution in [2.24, 2.45) is 9.98 Å². The SMILES string of the molecule is O=C=NCCCCCCN1C(=O)N(CCCCCCN=C=O)C(O)N(CCCCCCNC=O)C1=O. The largest absolute Gasteiger partial charge is 0.359 e. The van der Waals surface area contributed by atoms with E-state index < -0.39 is 18.4 Å². The van der Waals surface area contributed by atoms with Crippen molar-refractivity contribution in [3.63, 3.8) is 0 Å². The number of urea groups is 2. The molecule has 0 spiro atoms. The number of isocyanates is 2. The lowest BCUT2D eigenvalue weighted by Crippen LogP contribution is -2.66.